The van der Waals surface area contributed by atoms with Crippen LogP contribution in [0, 0.1) is 0 Å². The number of carbonyl (C=O) groups is 2. The summed E-state index contributed by atoms with van der Waals surface area (Å²) in [4.78, 5) is 25.2. The van der Waals surface area contributed by atoms with E-state index in [0.717, 1.165) is 0 Å². The molecule has 1 aromatic heterocycles. The van der Waals surface area contributed by atoms with Crippen molar-refractivity contribution in [3.8, 4) is 5.75 Å². The van der Waals surface area contributed by atoms with Crippen molar-refractivity contribution in [2.45, 2.75) is 45.3 Å². The highest BCUT2D eigenvalue weighted by atomic mass is 16.6. The summed E-state index contributed by atoms with van der Waals surface area (Å²) < 4.78 is 16.8. The fourth-order valence-electron chi connectivity index (χ4n) is 2.93. The summed E-state index contributed by atoms with van der Waals surface area (Å²) in [7, 11) is 0. The van der Waals surface area contributed by atoms with Crippen molar-refractivity contribution in [2.24, 2.45) is 0 Å². The van der Waals surface area contributed by atoms with E-state index in [9.17, 15) is 14.7 Å². The van der Waals surface area contributed by atoms with E-state index in [-0.39, 0.29) is 23.7 Å². The number of hydrogen-bond donors (Lipinski definition) is 1. The first kappa shape index (κ1) is 18.1. The van der Waals surface area contributed by atoms with Gasteiger partial charge in [0.2, 0.25) is 0 Å². The molecule has 26 heavy (non-hydrogen) atoms. The van der Waals surface area contributed by atoms with Gasteiger partial charge >= 0.3 is 12.1 Å². The molecular formula is C19H23NO6. The van der Waals surface area contributed by atoms with E-state index in [1.54, 1.807) is 29.2 Å². The summed E-state index contributed by atoms with van der Waals surface area (Å²) in [6.45, 7) is 6.49. The number of rotatable bonds is 3. The predicted octanol–water partition coefficient (Wildman–Crippen LogP) is 3.91. The molecule has 2 aromatic rings. The smallest absolute Gasteiger partial charge is 0.410 e. The summed E-state index contributed by atoms with van der Waals surface area (Å²) in [6, 6.07) is 7.07. The minimum absolute atomic E-state index is 0.187. The summed E-state index contributed by atoms with van der Waals surface area (Å²) in [5.74, 6) is -1.10. The molecule has 1 saturated heterocycles. The lowest BCUT2D eigenvalue weighted by molar-refractivity contribution is 0.0126. The van der Waals surface area contributed by atoms with Gasteiger partial charge in [-0.2, -0.15) is 0 Å². The molecule has 0 saturated carbocycles. The standard InChI is InChI=1S/C19H23NO6/c1-19(2,3)26-18(23)20-10-8-12(9-11-20)24-15-13-6-4-5-7-14(13)25-16(15)17(21)22/h4-7,12H,8-11H2,1-3H3,(H,21,22). The summed E-state index contributed by atoms with van der Waals surface area (Å²) in [5, 5.41) is 10.0. The van der Waals surface area contributed by atoms with Crippen molar-refractivity contribution < 1.29 is 28.6 Å². The van der Waals surface area contributed by atoms with E-state index in [1.165, 1.54) is 0 Å². The zero-order chi connectivity index (χ0) is 18.9. The lowest BCUT2D eigenvalue weighted by Crippen LogP contribution is -2.44. The van der Waals surface area contributed by atoms with E-state index in [1.807, 2.05) is 20.8 Å². The second kappa shape index (κ2) is 6.90. The van der Waals surface area contributed by atoms with Gasteiger partial charge in [0.15, 0.2) is 5.75 Å². The Labute approximate surface area is 151 Å². The Morgan fingerprint density at radius 3 is 2.46 bits per heavy atom. The van der Waals surface area contributed by atoms with Crippen LogP contribution in [-0.4, -0.2) is 46.9 Å². The van der Waals surface area contributed by atoms with Crippen molar-refractivity contribution in [2.75, 3.05) is 13.1 Å². The van der Waals surface area contributed by atoms with E-state index in [2.05, 4.69) is 0 Å². The topological polar surface area (TPSA) is 89.2 Å². The van der Waals surface area contributed by atoms with Gasteiger partial charge in [-0.15, -0.1) is 0 Å². The van der Waals surface area contributed by atoms with Gasteiger partial charge in [0, 0.05) is 25.9 Å². The number of likely N-dealkylation sites (tertiary alicyclic amines) is 1. The molecule has 2 heterocycles. The van der Waals surface area contributed by atoms with Gasteiger partial charge in [0.25, 0.3) is 5.76 Å². The Balaban J connectivity index is 1.69. The Hall–Kier alpha value is -2.70. The third kappa shape index (κ3) is 3.92. The number of fused-ring (bicyclic) bond motifs is 1. The molecule has 1 N–H and O–H groups in total. The number of carbonyl (C=O) groups excluding carboxylic acids is 1. The molecule has 0 aliphatic carbocycles. The van der Waals surface area contributed by atoms with Crippen molar-refractivity contribution in [3.05, 3.63) is 30.0 Å². The highest BCUT2D eigenvalue weighted by Crippen LogP contribution is 2.35. The van der Waals surface area contributed by atoms with Crippen LogP contribution in [0.2, 0.25) is 0 Å². The van der Waals surface area contributed by atoms with Crippen LogP contribution in [-0.2, 0) is 4.74 Å². The van der Waals surface area contributed by atoms with Crippen LogP contribution >= 0.6 is 0 Å². The van der Waals surface area contributed by atoms with Gasteiger partial charge in [-0.25, -0.2) is 9.59 Å². The molecule has 7 nitrogen and oxygen atoms in total. The van der Waals surface area contributed by atoms with Gasteiger partial charge in [-0.3, -0.25) is 0 Å². The van der Waals surface area contributed by atoms with Crippen LogP contribution in [0.3, 0.4) is 0 Å². The molecule has 1 fully saturated rings. The van der Waals surface area contributed by atoms with Gasteiger partial charge in [0.05, 0.1) is 5.39 Å². The van der Waals surface area contributed by atoms with E-state index >= 15 is 0 Å². The molecular weight excluding hydrogens is 338 g/mol. The van der Waals surface area contributed by atoms with Gasteiger partial charge in [-0.05, 0) is 32.9 Å². The van der Waals surface area contributed by atoms with Crippen molar-refractivity contribution in [3.63, 3.8) is 0 Å². The first-order valence-corrected chi connectivity index (χ1v) is 8.64. The Kier molecular flexibility index (Phi) is 4.80. The summed E-state index contributed by atoms with van der Waals surface area (Å²) in [5.41, 5.74) is -0.0534. The Bertz CT molecular complexity index is 811. The van der Waals surface area contributed by atoms with Crippen molar-refractivity contribution in [1.82, 2.24) is 4.90 Å². The van der Waals surface area contributed by atoms with Crippen LogP contribution in [0.15, 0.2) is 28.7 Å². The lowest BCUT2D eigenvalue weighted by atomic mass is 10.1. The van der Waals surface area contributed by atoms with E-state index < -0.39 is 11.6 Å². The Morgan fingerprint density at radius 2 is 1.85 bits per heavy atom. The third-order valence-electron chi connectivity index (χ3n) is 4.12. The fourth-order valence-corrected chi connectivity index (χ4v) is 2.93. The number of nitrogens with zero attached hydrogens (tertiary/aromatic N) is 1. The van der Waals surface area contributed by atoms with Crippen molar-refractivity contribution >= 4 is 23.0 Å². The number of hydrogen-bond acceptors (Lipinski definition) is 5. The van der Waals surface area contributed by atoms with Crippen LogP contribution in [0.5, 0.6) is 5.75 Å². The van der Waals surface area contributed by atoms with Gasteiger partial charge < -0.3 is 23.9 Å². The second-order valence-corrected chi connectivity index (χ2v) is 7.35. The lowest BCUT2D eigenvalue weighted by Gasteiger charge is -2.33. The molecule has 0 bridgehead atoms. The maximum atomic E-state index is 12.1. The number of carboxylic acids is 1. The number of aromatic carboxylic acids is 1. The zero-order valence-corrected chi connectivity index (χ0v) is 15.2. The van der Waals surface area contributed by atoms with Crippen LogP contribution < -0.4 is 4.74 Å². The SMILES string of the molecule is CC(C)(C)OC(=O)N1CCC(Oc2c(C(=O)O)oc3ccccc23)CC1. The summed E-state index contributed by atoms with van der Waals surface area (Å²) in [6.07, 6.45) is 0.666. The van der Waals surface area contributed by atoms with E-state index in [0.29, 0.717) is 36.9 Å². The molecule has 0 spiro atoms. The molecule has 1 aliphatic heterocycles. The largest absolute Gasteiger partial charge is 0.485 e. The highest BCUT2D eigenvalue weighted by molar-refractivity contribution is 5.97. The minimum Gasteiger partial charge on any atom is -0.485 e. The fraction of sp³-hybridized carbons (Fsp3) is 0.474. The zero-order valence-electron chi connectivity index (χ0n) is 15.2. The van der Waals surface area contributed by atoms with Crippen LogP contribution in [0.4, 0.5) is 4.79 Å². The number of piperidine rings is 1. The first-order chi connectivity index (χ1) is 12.2. The Morgan fingerprint density at radius 1 is 1.19 bits per heavy atom. The number of ether oxygens (including phenoxy) is 2. The van der Waals surface area contributed by atoms with Gasteiger partial charge in [-0.1, -0.05) is 12.1 Å². The molecule has 7 heteroatoms. The number of benzene rings is 1. The normalized spacial score (nSPS) is 15.9. The average Bonchev–Trinajstić information content (AvgIpc) is 2.93. The monoisotopic (exact) mass is 361 g/mol. The molecule has 1 amide bonds. The van der Waals surface area contributed by atoms with Crippen LogP contribution in [0.1, 0.15) is 44.2 Å². The molecule has 140 valence electrons. The predicted molar refractivity (Wildman–Crippen MR) is 94.6 cm³/mol. The summed E-state index contributed by atoms with van der Waals surface area (Å²) >= 11 is 0. The maximum Gasteiger partial charge on any atom is 0.410 e. The maximum absolute atomic E-state index is 12.1. The van der Waals surface area contributed by atoms with Crippen molar-refractivity contribution in [1.29, 1.82) is 0 Å². The molecule has 0 atom stereocenters. The molecule has 0 unspecified atom stereocenters. The third-order valence-corrected chi connectivity index (χ3v) is 4.12. The minimum atomic E-state index is -1.16. The number of amides is 1. The first-order valence-electron chi connectivity index (χ1n) is 8.64. The molecule has 3 rings (SSSR count). The molecule has 1 aliphatic rings. The average molecular weight is 361 g/mol. The van der Waals surface area contributed by atoms with Gasteiger partial charge in [0.1, 0.15) is 17.3 Å². The second-order valence-electron chi connectivity index (χ2n) is 7.35. The number of carboxylic acid groups (broad SMARTS) is 1. The molecule has 0 radical (unpaired) electrons. The highest BCUT2D eigenvalue weighted by Gasteiger charge is 2.30. The number of furan rings is 1. The number of para-hydroxylation sites is 1. The van der Waals surface area contributed by atoms with E-state index in [4.69, 9.17) is 13.9 Å². The van der Waals surface area contributed by atoms with Crippen LogP contribution in [0.25, 0.3) is 11.0 Å². The molecule has 1 aromatic carbocycles. The quantitative estimate of drug-likeness (QED) is 0.891.